The molecule has 23 heavy (non-hydrogen) atoms. The molecule has 0 unspecified atom stereocenters. The van der Waals surface area contributed by atoms with Crippen molar-refractivity contribution in [2.75, 3.05) is 27.4 Å². The molecule has 2 aromatic carbocycles. The lowest BCUT2D eigenvalue weighted by Gasteiger charge is -2.11. The first kappa shape index (κ1) is 16.7. The smallest absolute Gasteiger partial charge is 0.251 e. The SMILES string of the molecule is COc1cc(OC)cc(C(=O)NCCOc2ccccc2C)c1. The molecule has 5 heteroatoms. The van der Waals surface area contributed by atoms with Gasteiger partial charge >= 0.3 is 0 Å². The summed E-state index contributed by atoms with van der Waals surface area (Å²) in [6, 6.07) is 12.8. The van der Waals surface area contributed by atoms with E-state index in [9.17, 15) is 4.79 Å². The highest BCUT2D eigenvalue weighted by atomic mass is 16.5. The van der Waals surface area contributed by atoms with E-state index >= 15 is 0 Å². The molecule has 0 bridgehead atoms. The van der Waals surface area contributed by atoms with E-state index in [0.717, 1.165) is 11.3 Å². The quantitative estimate of drug-likeness (QED) is 0.798. The molecular weight excluding hydrogens is 294 g/mol. The van der Waals surface area contributed by atoms with Crippen LogP contribution in [0, 0.1) is 6.92 Å². The van der Waals surface area contributed by atoms with Gasteiger partial charge in [-0.1, -0.05) is 18.2 Å². The van der Waals surface area contributed by atoms with Crippen molar-refractivity contribution in [3.63, 3.8) is 0 Å². The van der Waals surface area contributed by atoms with Crippen LogP contribution in [0.3, 0.4) is 0 Å². The lowest BCUT2D eigenvalue weighted by atomic mass is 10.2. The third-order valence-corrected chi connectivity index (χ3v) is 3.35. The van der Waals surface area contributed by atoms with Crippen LogP contribution in [0.2, 0.25) is 0 Å². The summed E-state index contributed by atoms with van der Waals surface area (Å²) in [5.74, 6) is 1.77. The summed E-state index contributed by atoms with van der Waals surface area (Å²) in [5, 5.41) is 2.82. The Morgan fingerprint density at radius 2 is 1.70 bits per heavy atom. The summed E-state index contributed by atoms with van der Waals surface area (Å²) < 4.78 is 16.0. The molecule has 0 heterocycles. The number of hydrogen-bond acceptors (Lipinski definition) is 4. The standard InChI is InChI=1S/C18H21NO4/c1-13-6-4-5-7-17(13)23-9-8-19-18(20)14-10-15(21-2)12-16(11-14)22-3/h4-7,10-12H,8-9H2,1-3H3,(H,19,20). The van der Waals surface area contributed by atoms with Gasteiger partial charge in [-0.3, -0.25) is 4.79 Å². The first-order chi connectivity index (χ1) is 11.1. The second kappa shape index (κ2) is 8.08. The van der Waals surface area contributed by atoms with Crippen LogP contribution in [-0.4, -0.2) is 33.3 Å². The molecule has 0 spiro atoms. The average Bonchev–Trinajstić information content (AvgIpc) is 2.59. The van der Waals surface area contributed by atoms with Crippen molar-refractivity contribution >= 4 is 5.91 Å². The van der Waals surface area contributed by atoms with Crippen molar-refractivity contribution in [2.24, 2.45) is 0 Å². The van der Waals surface area contributed by atoms with Gasteiger partial charge in [0.15, 0.2) is 0 Å². The molecule has 0 atom stereocenters. The van der Waals surface area contributed by atoms with Crippen LogP contribution in [0.4, 0.5) is 0 Å². The number of para-hydroxylation sites is 1. The summed E-state index contributed by atoms with van der Waals surface area (Å²) in [6.07, 6.45) is 0. The van der Waals surface area contributed by atoms with Crippen molar-refractivity contribution < 1.29 is 19.0 Å². The van der Waals surface area contributed by atoms with E-state index in [1.165, 1.54) is 0 Å². The molecule has 1 N–H and O–H groups in total. The molecule has 0 aromatic heterocycles. The second-order valence-corrected chi connectivity index (χ2v) is 4.97. The number of amides is 1. The second-order valence-electron chi connectivity index (χ2n) is 4.97. The minimum Gasteiger partial charge on any atom is -0.497 e. The van der Waals surface area contributed by atoms with Crippen LogP contribution < -0.4 is 19.5 Å². The molecule has 5 nitrogen and oxygen atoms in total. The van der Waals surface area contributed by atoms with Gasteiger partial charge in [0, 0.05) is 11.6 Å². The number of carbonyl (C=O) groups is 1. The molecule has 0 fully saturated rings. The molecule has 1 amide bonds. The van der Waals surface area contributed by atoms with Gasteiger partial charge in [0.25, 0.3) is 5.91 Å². The van der Waals surface area contributed by atoms with Crippen molar-refractivity contribution in [2.45, 2.75) is 6.92 Å². The van der Waals surface area contributed by atoms with Crippen molar-refractivity contribution in [1.29, 1.82) is 0 Å². The highest BCUT2D eigenvalue weighted by Crippen LogP contribution is 2.22. The Hall–Kier alpha value is -2.69. The van der Waals surface area contributed by atoms with Gasteiger partial charge in [0.1, 0.15) is 23.9 Å². The van der Waals surface area contributed by atoms with Gasteiger partial charge in [0.05, 0.1) is 20.8 Å². The topological polar surface area (TPSA) is 56.8 Å². The fraction of sp³-hybridized carbons (Fsp3) is 0.278. The number of carbonyl (C=O) groups excluding carboxylic acids is 1. The largest absolute Gasteiger partial charge is 0.497 e. The summed E-state index contributed by atoms with van der Waals surface area (Å²) >= 11 is 0. The predicted molar refractivity (Wildman–Crippen MR) is 88.6 cm³/mol. The number of hydrogen-bond donors (Lipinski definition) is 1. The average molecular weight is 315 g/mol. The van der Waals surface area contributed by atoms with E-state index in [4.69, 9.17) is 14.2 Å². The first-order valence-corrected chi connectivity index (χ1v) is 7.33. The third-order valence-electron chi connectivity index (χ3n) is 3.35. The van der Waals surface area contributed by atoms with Crippen LogP contribution in [0.5, 0.6) is 17.2 Å². The number of nitrogens with one attached hydrogen (secondary N) is 1. The maximum Gasteiger partial charge on any atom is 0.251 e. The Morgan fingerprint density at radius 1 is 1.04 bits per heavy atom. The fourth-order valence-electron chi connectivity index (χ4n) is 2.08. The van der Waals surface area contributed by atoms with Crippen LogP contribution in [0.25, 0.3) is 0 Å². The third kappa shape index (κ3) is 4.64. The molecule has 0 radical (unpaired) electrons. The van der Waals surface area contributed by atoms with Crippen molar-refractivity contribution in [3.05, 3.63) is 53.6 Å². The molecule has 0 saturated carbocycles. The Balaban J connectivity index is 1.89. The zero-order valence-corrected chi connectivity index (χ0v) is 13.6. The summed E-state index contributed by atoms with van der Waals surface area (Å²) in [4.78, 5) is 12.2. The number of ether oxygens (including phenoxy) is 3. The number of aryl methyl sites for hydroxylation is 1. The van der Waals surface area contributed by atoms with Crippen LogP contribution in [-0.2, 0) is 0 Å². The maximum atomic E-state index is 12.2. The molecule has 0 aliphatic heterocycles. The van der Waals surface area contributed by atoms with Gasteiger partial charge in [-0.15, -0.1) is 0 Å². The molecule has 2 rings (SSSR count). The van der Waals surface area contributed by atoms with Gasteiger partial charge < -0.3 is 19.5 Å². The number of methoxy groups -OCH3 is 2. The highest BCUT2D eigenvalue weighted by Gasteiger charge is 2.09. The highest BCUT2D eigenvalue weighted by molar-refractivity contribution is 5.95. The zero-order chi connectivity index (χ0) is 16.7. The van der Waals surface area contributed by atoms with Crippen LogP contribution in [0.15, 0.2) is 42.5 Å². The summed E-state index contributed by atoms with van der Waals surface area (Å²) in [6.45, 7) is 2.79. The first-order valence-electron chi connectivity index (χ1n) is 7.33. The Bertz CT molecular complexity index is 648. The summed E-state index contributed by atoms with van der Waals surface area (Å²) in [5.41, 5.74) is 1.55. The Morgan fingerprint density at radius 3 is 2.30 bits per heavy atom. The van der Waals surface area contributed by atoms with E-state index in [1.807, 2.05) is 31.2 Å². The van der Waals surface area contributed by atoms with Crippen molar-refractivity contribution in [1.82, 2.24) is 5.32 Å². The molecule has 2 aromatic rings. The fourth-order valence-corrected chi connectivity index (χ4v) is 2.08. The van der Waals surface area contributed by atoms with Crippen LogP contribution >= 0.6 is 0 Å². The van der Waals surface area contributed by atoms with Gasteiger partial charge in [-0.25, -0.2) is 0 Å². The molecule has 0 saturated heterocycles. The van der Waals surface area contributed by atoms with Crippen molar-refractivity contribution in [3.8, 4) is 17.2 Å². The Kier molecular flexibility index (Phi) is 5.86. The predicted octanol–water partition coefficient (Wildman–Crippen LogP) is 2.82. The number of rotatable bonds is 7. The normalized spacial score (nSPS) is 10.0. The van der Waals surface area contributed by atoms with E-state index in [1.54, 1.807) is 32.4 Å². The van der Waals surface area contributed by atoms with E-state index < -0.39 is 0 Å². The van der Waals surface area contributed by atoms with Gasteiger partial charge in [-0.05, 0) is 30.7 Å². The van der Waals surface area contributed by atoms with E-state index in [2.05, 4.69) is 5.32 Å². The zero-order valence-electron chi connectivity index (χ0n) is 13.6. The van der Waals surface area contributed by atoms with Crippen LogP contribution in [0.1, 0.15) is 15.9 Å². The maximum absolute atomic E-state index is 12.2. The summed E-state index contributed by atoms with van der Waals surface area (Å²) in [7, 11) is 3.10. The Labute approximate surface area is 136 Å². The van der Waals surface area contributed by atoms with E-state index in [0.29, 0.717) is 30.2 Å². The molecular formula is C18H21NO4. The molecule has 0 aliphatic carbocycles. The van der Waals surface area contributed by atoms with E-state index in [-0.39, 0.29) is 5.91 Å². The van der Waals surface area contributed by atoms with Gasteiger partial charge in [-0.2, -0.15) is 0 Å². The monoisotopic (exact) mass is 315 g/mol. The lowest BCUT2D eigenvalue weighted by molar-refractivity contribution is 0.0946. The number of benzene rings is 2. The minimum atomic E-state index is -0.199. The molecule has 122 valence electrons. The molecule has 0 aliphatic rings. The van der Waals surface area contributed by atoms with Gasteiger partial charge in [0.2, 0.25) is 0 Å². The minimum absolute atomic E-state index is 0.199. The lowest BCUT2D eigenvalue weighted by Crippen LogP contribution is -2.28.